The van der Waals surface area contributed by atoms with Gasteiger partial charge in [0.15, 0.2) is 0 Å². The van der Waals surface area contributed by atoms with E-state index in [-0.39, 0.29) is 11.8 Å². The summed E-state index contributed by atoms with van der Waals surface area (Å²) in [5.41, 5.74) is 7.25. The third-order valence-corrected chi connectivity index (χ3v) is 3.87. The van der Waals surface area contributed by atoms with Crippen LogP contribution in [0.3, 0.4) is 0 Å². The van der Waals surface area contributed by atoms with Gasteiger partial charge in [0.25, 0.3) is 0 Å². The molecule has 2 rings (SSSR count). The number of nitrogens with two attached hydrogens (primary N) is 1. The quantitative estimate of drug-likeness (QED) is 0.821. The number of pyridine rings is 1. The predicted molar refractivity (Wildman–Crippen MR) is 67.4 cm³/mol. The Kier molecular flexibility index (Phi) is 3.33. The maximum Gasteiger partial charge on any atom is 0.229 e. The predicted octanol–water partition coefficient (Wildman–Crippen LogP) is 1.66. The minimum Gasteiger partial charge on any atom is -0.397 e. The van der Waals surface area contributed by atoms with E-state index in [1.54, 1.807) is 12.3 Å². The van der Waals surface area contributed by atoms with E-state index in [0.717, 1.165) is 23.5 Å². The standard InChI is InChI=1S/C11H15N3OS/c1-7-4-10(13-5-9(7)12)14-11(15)8-2-3-16-6-8/h4-5,8H,2-3,6,12H2,1H3,(H,13,14,15). The fourth-order valence-electron chi connectivity index (χ4n) is 1.60. The van der Waals surface area contributed by atoms with Gasteiger partial charge in [0, 0.05) is 11.7 Å². The topological polar surface area (TPSA) is 68.0 Å². The maximum atomic E-state index is 11.8. The van der Waals surface area contributed by atoms with Crippen LogP contribution in [0.5, 0.6) is 0 Å². The minimum atomic E-state index is 0.0710. The molecule has 0 saturated carbocycles. The molecule has 4 nitrogen and oxygen atoms in total. The zero-order chi connectivity index (χ0) is 11.5. The number of nitrogen functional groups attached to an aromatic ring is 1. The Morgan fingerprint density at radius 1 is 1.69 bits per heavy atom. The SMILES string of the molecule is Cc1cc(NC(=O)C2CCSC2)ncc1N. The lowest BCUT2D eigenvalue weighted by Gasteiger charge is -2.10. The number of carbonyl (C=O) groups is 1. The van der Waals surface area contributed by atoms with Gasteiger partial charge in [-0.2, -0.15) is 11.8 Å². The Balaban J connectivity index is 2.02. The van der Waals surface area contributed by atoms with E-state index in [1.165, 1.54) is 0 Å². The van der Waals surface area contributed by atoms with Gasteiger partial charge < -0.3 is 11.1 Å². The number of hydrogen-bond donors (Lipinski definition) is 2. The molecule has 0 bridgehead atoms. The highest BCUT2D eigenvalue weighted by atomic mass is 32.2. The first-order chi connectivity index (χ1) is 7.66. The zero-order valence-electron chi connectivity index (χ0n) is 9.19. The zero-order valence-corrected chi connectivity index (χ0v) is 10.0. The lowest BCUT2D eigenvalue weighted by atomic mass is 10.1. The Hall–Kier alpha value is -1.23. The van der Waals surface area contributed by atoms with Gasteiger partial charge in [-0.05, 0) is 30.7 Å². The molecule has 0 spiro atoms. The van der Waals surface area contributed by atoms with Crippen LogP contribution in [0, 0.1) is 12.8 Å². The summed E-state index contributed by atoms with van der Waals surface area (Å²) in [6.07, 6.45) is 2.54. The molecule has 1 saturated heterocycles. The molecular formula is C11H15N3OS. The summed E-state index contributed by atoms with van der Waals surface area (Å²) in [5.74, 6) is 2.78. The van der Waals surface area contributed by atoms with E-state index in [2.05, 4.69) is 10.3 Å². The first-order valence-electron chi connectivity index (χ1n) is 5.27. The largest absolute Gasteiger partial charge is 0.397 e. The molecule has 1 amide bonds. The second-order valence-electron chi connectivity index (χ2n) is 3.98. The number of aryl methyl sites for hydroxylation is 1. The molecule has 1 aromatic heterocycles. The summed E-state index contributed by atoms with van der Waals surface area (Å²) in [5, 5.41) is 2.83. The van der Waals surface area contributed by atoms with Gasteiger partial charge in [0.2, 0.25) is 5.91 Å². The molecule has 86 valence electrons. The molecule has 0 aromatic carbocycles. The number of nitrogens with one attached hydrogen (secondary N) is 1. The van der Waals surface area contributed by atoms with Crippen molar-refractivity contribution < 1.29 is 4.79 Å². The first kappa shape index (κ1) is 11.3. The van der Waals surface area contributed by atoms with Crippen LogP contribution in [-0.4, -0.2) is 22.4 Å². The maximum absolute atomic E-state index is 11.8. The van der Waals surface area contributed by atoms with Crippen molar-refractivity contribution in [3.8, 4) is 0 Å². The van der Waals surface area contributed by atoms with Crippen molar-refractivity contribution in [1.29, 1.82) is 0 Å². The Labute approximate surface area is 99.0 Å². The van der Waals surface area contributed by atoms with E-state index in [9.17, 15) is 4.79 Å². The molecule has 1 aliphatic heterocycles. The average Bonchev–Trinajstić information content (AvgIpc) is 2.77. The highest BCUT2D eigenvalue weighted by Crippen LogP contribution is 2.24. The fraction of sp³-hybridized carbons (Fsp3) is 0.455. The van der Waals surface area contributed by atoms with E-state index in [0.29, 0.717) is 11.5 Å². The van der Waals surface area contributed by atoms with Crippen molar-refractivity contribution in [2.24, 2.45) is 5.92 Å². The van der Waals surface area contributed by atoms with Crippen molar-refractivity contribution in [2.45, 2.75) is 13.3 Å². The van der Waals surface area contributed by atoms with E-state index in [4.69, 9.17) is 5.73 Å². The molecule has 1 aromatic rings. The molecule has 1 aliphatic rings. The molecule has 5 heteroatoms. The van der Waals surface area contributed by atoms with Crippen LogP contribution >= 0.6 is 11.8 Å². The smallest absolute Gasteiger partial charge is 0.229 e. The number of aromatic nitrogens is 1. The number of carbonyl (C=O) groups excluding carboxylic acids is 1. The van der Waals surface area contributed by atoms with Crippen molar-refractivity contribution in [2.75, 3.05) is 22.6 Å². The summed E-state index contributed by atoms with van der Waals surface area (Å²) in [4.78, 5) is 15.9. The van der Waals surface area contributed by atoms with Gasteiger partial charge in [0.1, 0.15) is 5.82 Å². The van der Waals surface area contributed by atoms with Crippen LogP contribution < -0.4 is 11.1 Å². The molecule has 0 radical (unpaired) electrons. The molecular weight excluding hydrogens is 222 g/mol. The second-order valence-corrected chi connectivity index (χ2v) is 5.13. The molecule has 3 N–H and O–H groups in total. The molecule has 16 heavy (non-hydrogen) atoms. The Morgan fingerprint density at radius 3 is 3.12 bits per heavy atom. The van der Waals surface area contributed by atoms with Crippen LogP contribution in [-0.2, 0) is 4.79 Å². The lowest BCUT2D eigenvalue weighted by Crippen LogP contribution is -2.22. The normalized spacial score (nSPS) is 19.7. The van der Waals surface area contributed by atoms with Crippen LogP contribution in [0.15, 0.2) is 12.3 Å². The highest BCUT2D eigenvalue weighted by molar-refractivity contribution is 7.99. The monoisotopic (exact) mass is 237 g/mol. The van der Waals surface area contributed by atoms with Gasteiger partial charge in [-0.1, -0.05) is 0 Å². The van der Waals surface area contributed by atoms with E-state index < -0.39 is 0 Å². The summed E-state index contributed by atoms with van der Waals surface area (Å²) in [6, 6.07) is 1.80. The number of hydrogen-bond acceptors (Lipinski definition) is 4. The van der Waals surface area contributed by atoms with Crippen LogP contribution in [0.4, 0.5) is 11.5 Å². The van der Waals surface area contributed by atoms with Crippen molar-refractivity contribution in [3.63, 3.8) is 0 Å². The minimum absolute atomic E-state index is 0.0710. The summed E-state index contributed by atoms with van der Waals surface area (Å²) in [7, 11) is 0. The molecule has 1 unspecified atom stereocenters. The summed E-state index contributed by atoms with van der Waals surface area (Å²) < 4.78 is 0. The summed E-state index contributed by atoms with van der Waals surface area (Å²) >= 11 is 1.83. The number of nitrogens with zero attached hydrogens (tertiary/aromatic N) is 1. The average molecular weight is 237 g/mol. The first-order valence-corrected chi connectivity index (χ1v) is 6.43. The molecule has 1 atom stereocenters. The van der Waals surface area contributed by atoms with Crippen molar-refractivity contribution in [3.05, 3.63) is 17.8 Å². The van der Waals surface area contributed by atoms with Crippen LogP contribution in [0.25, 0.3) is 0 Å². The summed E-state index contributed by atoms with van der Waals surface area (Å²) in [6.45, 7) is 1.90. The molecule has 1 fully saturated rings. The van der Waals surface area contributed by atoms with Crippen LogP contribution in [0.1, 0.15) is 12.0 Å². The van der Waals surface area contributed by atoms with Gasteiger partial charge >= 0.3 is 0 Å². The third kappa shape index (κ3) is 2.47. The second kappa shape index (κ2) is 4.74. The van der Waals surface area contributed by atoms with Gasteiger partial charge in [-0.25, -0.2) is 4.98 Å². The number of amides is 1. The Morgan fingerprint density at radius 2 is 2.50 bits per heavy atom. The Bertz CT molecular complexity index is 402. The number of thioether (sulfide) groups is 1. The fourth-order valence-corrected chi connectivity index (χ4v) is 2.82. The lowest BCUT2D eigenvalue weighted by molar-refractivity contribution is -0.119. The number of rotatable bonds is 2. The third-order valence-electron chi connectivity index (χ3n) is 2.70. The van der Waals surface area contributed by atoms with E-state index in [1.807, 2.05) is 18.7 Å². The highest BCUT2D eigenvalue weighted by Gasteiger charge is 2.23. The molecule has 2 heterocycles. The van der Waals surface area contributed by atoms with Gasteiger partial charge in [0.05, 0.1) is 11.9 Å². The van der Waals surface area contributed by atoms with Crippen molar-refractivity contribution in [1.82, 2.24) is 4.98 Å². The van der Waals surface area contributed by atoms with E-state index >= 15 is 0 Å². The number of anilines is 2. The van der Waals surface area contributed by atoms with Crippen LogP contribution in [0.2, 0.25) is 0 Å². The van der Waals surface area contributed by atoms with Gasteiger partial charge in [-0.3, -0.25) is 4.79 Å². The van der Waals surface area contributed by atoms with Crippen molar-refractivity contribution >= 4 is 29.2 Å². The van der Waals surface area contributed by atoms with Gasteiger partial charge in [-0.15, -0.1) is 0 Å². The molecule has 0 aliphatic carbocycles.